The Bertz CT molecular complexity index is 286. The Hall–Kier alpha value is -1.42. The quantitative estimate of drug-likeness (QED) is 0.379. The molecule has 0 saturated heterocycles. The summed E-state index contributed by atoms with van der Waals surface area (Å²) in [7, 11) is 0. The predicted molar refractivity (Wildman–Crippen MR) is 44.2 cm³/mol. The van der Waals surface area contributed by atoms with Gasteiger partial charge in [0.2, 0.25) is 0 Å². The highest BCUT2D eigenvalue weighted by atomic mass is 16.3. The highest BCUT2D eigenvalue weighted by molar-refractivity contribution is 5.51. The van der Waals surface area contributed by atoms with Crippen molar-refractivity contribution in [2.45, 2.75) is 6.42 Å². The van der Waals surface area contributed by atoms with Crippen molar-refractivity contribution in [2.24, 2.45) is 5.73 Å². The minimum absolute atomic E-state index is 0.0456. The Balaban J connectivity index is 3.14. The maximum atomic E-state index is 9.24. The molecule has 0 atom stereocenters. The second-order valence-electron chi connectivity index (χ2n) is 2.47. The van der Waals surface area contributed by atoms with Gasteiger partial charge >= 0.3 is 0 Å². The van der Waals surface area contributed by atoms with Crippen LogP contribution in [0.2, 0.25) is 0 Å². The van der Waals surface area contributed by atoms with Crippen LogP contribution in [0.15, 0.2) is 12.1 Å². The first-order valence-electron chi connectivity index (χ1n) is 3.59. The number of nitrogens with two attached hydrogens (primary N) is 1. The summed E-state index contributed by atoms with van der Waals surface area (Å²) in [5.74, 6) is -0.576. The van der Waals surface area contributed by atoms with Crippen molar-refractivity contribution in [1.82, 2.24) is 0 Å². The van der Waals surface area contributed by atoms with E-state index in [9.17, 15) is 10.2 Å². The molecule has 0 unspecified atom stereocenters. The van der Waals surface area contributed by atoms with Crippen molar-refractivity contribution in [1.29, 1.82) is 0 Å². The van der Waals surface area contributed by atoms with Gasteiger partial charge < -0.3 is 21.1 Å². The summed E-state index contributed by atoms with van der Waals surface area (Å²) in [5.41, 5.74) is 5.53. The van der Waals surface area contributed by atoms with E-state index in [4.69, 9.17) is 10.8 Å². The van der Waals surface area contributed by atoms with Gasteiger partial charge in [0.1, 0.15) is 5.75 Å². The van der Waals surface area contributed by atoms with Crippen LogP contribution in [0.25, 0.3) is 0 Å². The summed E-state index contributed by atoms with van der Waals surface area (Å²) in [5, 5.41) is 27.5. The third-order valence-electron chi connectivity index (χ3n) is 1.63. The first kappa shape index (κ1) is 8.67. The van der Waals surface area contributed by atoms with Crippen LogP contribution >= 0.6 is 0 Å². The van der Waals surface area contributed by atoms with Gasteiger partial charge in [-0.1, -0.05) is 0 Å². The molecule has 0 aliphatic carbocycles. The number of phenolic OH excluding ortho intramolecular Hbond substituents is 3. The SMILES string of the molecule is NCCc1c(O)ccc(O)c1O. The fourth-order valence-electron chi connectivity index (χ4n) is 1.00. The van der Waals surface area contributed by atoms with E-state index < -0.39 is 0 Å². The molecule has 0 amide bonds. The lowest BCUT2D eigenvalue weighted by molar-refractivity contribution is 0.389. The van der Waals surface area contributed by atoms with Crippen LogP contribution in [-0.4, -0.2) is 21.9 Å². The van der Waals surface area contributed by atoms with Gasteiger partial charge in [0.15, 0.2) is 11.5 Å². The molecule has 0 saturated carbocycles. The van der Waals surface area contributed by atoms with Crippen LogP contribution in [0.3, 0.4) is 0 Å². The van der Waals surface area contributed by atoms with Crippen LogP contribution in [-0.2, 0) is 6.42 Å². The van der Waals surface area contributed by atoms with Crippen LogP contribution in [0, 0.1) is 0 Å². The van der Waals surface area contributed by atoms with Gasteiger partial charge in [-0.05, 0) is 25.1 Å². The topological polar surface area (TPSA) is 86.7 Å². The minimum atomic E-state index is -0.291. The summed E-state index contributed by atoms with van der Waals surface area (Å²) in [6.45, 7) is 0.310. The standard InChI is InChI=1S/C8H11NO3/c9-4-3-5-6(10)1-2-7(11)8(5)12/h1-2,10-12H,3-4,9H2. The molecule has 4 nitrogen and oxygen atoms in total. The zero-order chi connectivity index (χ0) is 9.14. The van der Waals surface area contributed by atoms with E-state index in [-0.39, 0.29) is 22.8 Å². The predicted octanol–water partition coefficient (Wildman–Crippen LogP) is 0.305. The molecule has 0 aromatic heterocycles. The highest BCUT2D eigenvalue weighted by Gasteiger charge is 2.09. The van der Waals surface area contributed by atoms with Gasteiger partial charge in [0, 0.05) is 5.56 Å². The van der Waals surface area contributed by atoms with E-state index in [1.54, 1.807) is 0 Å². The molecule has 66 valence electrons. The van der Waals surface area contributed by atoms with Crippen molar-refractivity contribution in [3.63, 3.8) is 0 Å². The maximum Gasteiger partial charge on any atom is 0.164 e. The van der Waals surface area contributed by atoms with E-state index in [1.807, 2.05) is 0 Å². The molecule has 1 aromatic rings. The Morgan fingerprint density at radius 1 is 1.08 bits per heavy atom. The lowest BCUT2D eigenvalue weighted by atomic mass is 10.1. The summed E-state index contributed by atoms with van der Waals surface area (Å²) in [4.78, 5) is 0. The van der Waals surface area contributed by atoms with Crippen molar-refractivity contribution < 1.29 is 15.3 Å². The van der Waals surface area contributed by atoms with Crippen LogP contribution in [0.5, 0.6) is 17.2 Å². The van der Waals surface area contributed by atoms with E-state index in [0.717, 1.165) is 0 Å². The second kappa shape index (κ2) is 3.32. The van der Waals surface area contributed by atoms with Crippen LogP contribution in [0.4, 0.5) is 0 Å². The van der Waals surface area contributed by atoms with Crippen LogP contribution in [0.1, 0.15) is 5.56 Å². The summed E-state index contributed by atoms with van der Waals surface area (Å²) < 4.78 is 0. The van der Waals surface area contributed by atoms with E-state index in [2.05, 4.69) is 0 Å². The number of aromatic hydroxyl groups is 3. The largest absolute Gasteiger partial charge is 0.508 e. The smallest absolute Gasteiger partial charge is 0.164 e. The van der Waals surface area contributed by atoms with Gasteiger partial charge in [-0.2, -0.15) is 0 Å². The molecule has 0 bridgehead atoms. The van der Waals surface area contributed by atoms with Crippen LogP contribution < -0.4 is 5.73 Å². The molecule has 12 heavy (non-hydrogen) atoms. The average molecular weight is 169 g/mol. The Morgan fingerprint density at radius 3 is 2.25 bits per heavy atom. The molecule has 4 heteroatoms. The normalized spacial score (nSPS) is 10.1. The van der Waals surface area contributed by atoms with Gasteiger partial charge in [-0.25, -0.2) is 0 Å². The summed E-state index contributed by atoms with van der Waals surface area (Å²) >= 11 is 0. The van der Waals surface area contributed by atoms with Gasteiger partial charge in [-0.3, -0.25) is 0 Å². The molecule has 0 aliphatic rings. The summed E-state index contributed by atoms with van der Waals surface area (Å²) in [6.07, 6.45) is 0.339. The molecular weight excluding hydrogens is 158 g/mol. The molecule has 0 radical (unpaired) electrons. The number of benzene rings is 1. The number of rotatable bonds is 2. The summed E-state index contributed by atoms with van der Waals surface area (Å²) in [6, 6.07) is 2.55. The first-order chi connectivity index (χ1) is 5.66. The molecule has 0 spiro atoms. The van der Waals surface area contributed by atoms with Crippen molar-refractivity contribution in [2.75, 3.05) is 6.54 Å². The van der Waals surface area contributed by atoms with E-state index >= 15 is 0 Å². The van der Waals surface area contributed by atoms with E-state index in [1.165, 1.54) is 12.1 Å². The number of hydrogen-bond acceptors (Lipinski definition) is 4. The zero-order valence-corrected chi connectivity index (χ0v) is 6.49. The molecular formula is C8H11NO3. The lowest BCUT2D eigenvalue weighted by Crippen LogP contribution is -2.03. The third-order valence-corrected chi connectivity index (χ3v) is 1.63. The molecule has 5 N–H and O–H groups in total. The molecule has 0 aliphatic heterocycles. The van der Waals surface area contributed by atoms with Crippen molar-refractivity contribution >= 4 is 0 Å². The number of hydrogen-bond donors (Lipinski definition) is 4. The van der Waals surface area contributed by atoms with Gasteiger partial charge in [0.05, 0.1) is 0 Å². The first-order valence-corrected chi connectivity index (χ1v) is 3.59. The minimum Gasteiger partial charge on any atom is -0.508 e. The zero-order valence-electron chi connectivity index (χ0n) is 6.49. The van der Waals surface area contributed by atoms with Crippen molar-refractivity contribution in [3.8, 4) is 17.2 Å². The lowest BCUT2D eigenvalue weighted by Gasteiger charge is -2.06. The Kier molecular flexibility index (Phi) is 2.40. The third kappa shape index (κ3) is 1.43. The highest BCUT2D eigenvalue weighted by Crippen LogP contribution is 2.34. The second-order valence-corrected chi connectivity index (χ2v) is 2.47. The molecule has 1 aromatic carbocycles. The Labute approximate surface area is 69.9 Å². The monoisotopic (exact) mass is 169 g/mol. The maximum absolute atomic E-state index is 9.24. The average Bonchev–Trinajstić information content (AvgIpc) is 2.06. The fraction of sp³-hybridized carbons (Fsp3) is 0.250. The molecule has 0 fully saturated rings. The fourth-order valence-corrected chi connectivity index (χ4v) is 1.00. The number of phenols is 3. The van der Waals surface area contributed by atoms with Gasteiger partial charge in [-0.15, -0.1) is 0 Å². The van der Waals surface area contributed by atoms with Gasteiger partial charge in [0.25, 0.3) is 0 Å². The molecule has 0 heterocycles. The molecule has 1 rings (SSSR count). The van der Waals surface area contributed by atoms with Crippen molar-refractivity contribution in [3.05, 3.63) is 17.7 Å². The Morgan fingerprint density at radius 2 is 1.67 bits per heavy atom. The van der Waals surface area contributed by atoms with E-state index in [0.29, 0.717) is 13.0 Å².